The molecule has 0 spiro atoms. The molecule has 0 aromatic carbocycles. The van der Waals surface area contributed by atoms with Gasteiger partial charge in [0.25, 0.3) is 0 Å². The number of carboxylic acid groups (broad SMARTS) is 1. The van der Waals surface area contributed by atoms with Crippen molar-refractivity contribution < 1.29 is 9.90 Å². The van der Waals surface area contributed by atoms with Gasteiger partial charge in [-0.1, -0.05) is 52.0 Å². The number of carboxylic acids is 1. The first-order valence-corrected chi connectivity index (χ1v) is 5.60. The van der Waals surface area contributed by atoms with Gasteiger partial charge in [-0.25, -0.2) is 4.79 Å². The molecule has 0 aliphatic rings. The lowest BCUT2D eigenvalue weighted by Gasteiger charge is -2.11. The van der Waals surface area contributed by atoms with Gasteiger partial charge in [0.2, 0.25) is 0 Å². The molecule has 1 unspecified atom stereocenters. The summed E-state index contributed by atoms with van der Waals surface area (Å²) in [4.78, 5) is 10.2. The lowest BCUT2D eigenvalue weighted by atomic mass is 9.95. The van der Waals surface area contributed by atoms with Crippen LogP contribution in [0.1, 0.15) is 52.4 Å². The molecule has 0 aliphatic carbocycles. The highest BCUT2D eigenvalue weighted by molar-refractivity contribution is 5.79. The van der Waals surface area contributed by atoms with Crippen molar-refractivity contribution in [1.29, 1.82) is 0 Å². The average molecular weight is 198 g/mol. The molecule has 1 atom stereocenters. The van der Waals surface area contributed by atoms with Crippen molar-refractivity contribution in [3.8, 4) is 0 Å². The van der Waals surface area contributed by atoms with Crippen LogP contribution in [0.25, 0.3) is 0 Å². The summed E-state index contributed by atoms with van der Waals surface area (Å²) in [6.45, 7) is 4.37. The predicted molar refractivity (Wildman–Crippen MR) is 59.3 cm³/mol. The Morgan fingerprint density at radius 3 is 2.57 bits per heavy atom. The molecule has 0 aliphatic heterocycles. The van der Waals surface area contributed by atoms with Crippen LogP contribution in [-0.4, -0.2) is 11.1 Å². The summed E-state index contributed by atoms with van der Waals surface area (Å²) in [6.07, 6.45) is 10.1. The van der Waals surface area contributed by atoms with E-state index in [1.165, 1.54) is 31.8 Å². The normalized spacial score (nSPS) is 13.3. The summed E-state index contributed by atoms with van der Waals surface area (Å²) in [5.74, 6) is -0.175. The first kappa shape index (κ1) is 13.2. The van der Waals surface area contributed by atoms with Crippen LogP contribution in [0.15, 0.2) is 12.2 Å². The molecule has 0 bridgehead atoms. The minimum Gasteiger partial charge on any atom is -0.478 e. The maximum atomic E-state index is 10.2. The molecule has 82 valence electrons. The van der Waals surface area contributed by atoms with Crippen LogP contribution in [-0.2, 0) is 4.79 Å². The van der Waals surface area contributed by atoms with Crippen LogP contribution in [0, 0.1) is 5.92 Å². The Hall–Kier alpha value is -0.790. The Kier molecular flexibility index (Phi) is 8.30. The van der Waals surface area contributed by atoms with Crippen molar-refractivity contribution in [1.82, 2.24) is 0 Å². The van der Waals surface area contributed by atoms with Gasteiger partial charge in [-0.15, -0.1) is 0 Å². The summed E-state index contributed by atoms with van der Waals surface area (Å²) in [7, 11) is 0. The molecule has 0 aromatic rings. The van der Waals surface area contributed by atoms with Gasteiger partial charge in [0.1, 0.15) is 0 Å². The molecule has 2 nitrogen and oxygen atoms in total. The molecule has 0 rings (SSSR count). The van der Waals surface area contributed by atoms with Crippen LogP contribution in [0.3, 0.4) is 0 Å². The van der Waals surface area contributed by atoms with E-state index in [9.17, 15) is 4.79 Å². The zero-order valence-electron chi connectivity index (χ0n) is 9.33. The van der Waals surface area contributed by atoms with E-state index in [4.69, 9.17) is 5.11 Å². The molecule has 0 saturated heterocycles. The summed E-state index contributed by atoms with van der Waals surface area (Å²) in [5, 5.41) is 8.43. The highest BCUT2D eigenvalue weighted by atomic mass is 16.4. The number of hydrogen-bond acceptors (Lipinski definition) is 1. The molecular formula is C12H22O2. The van der Waals surface area contributed by atoms with Gasteiger partial charge in [0.15, 0.2) is 0 Å². The quantitative estimate of drug-likeness (QED) is 0.477. The molecule has 0 amide bonds. The zero-order valence-corrected chi connectivity index (χ0v) is 9.33. The Morgan fingerprint density at radius 2 is 2.07 bits per heavy atom. The van der Waals surface area contributed by atoms with Gasteiger partial charge in [-0.3, -0.25) is 0 Å². The maximum absolute atomic E-state index is 10.2. The number of allylic oxidation sites excluding steroid dienone is 1. The second-order valence-electron chi connectivity index (χ2n) is 3.75. The van der Waals surface area contributed by atoms with Crippen LogP contribution < -0.4 is 0 Å². The van der Waals surface area contributed by atoms with Crippen molar-refractivity contribution in [2.24, 2.45) is 5.92 Å². The predicted octanol–water partition coefficient (Wildman–Crippen LogP) is 3.62. The van der Waals surface area contributed by atoms with E-state index < -0.39 is 5.97 Å². The summed E-state index contributed by atoms with van der Waals surface area (Å²) in [6, 6.07) is 0. The number of unbranched alkanes of at least 4 members (excludes halogenated alkanes) is 2. The first-order valence-electron chi connectivity index (χ1n) is 5.60. The lowest BCUT2D eigenvalue weighted by molar-refractivity contribution is -0.131. The van der Waals surface area contributed by atoms with E-state index in [1.54, 1.807) is 6.08 Å². The van der Waals surface area contributed by atoms with Crippen LogP contribution in [0.2, 0.25) is 0 Å². The van der Waals surface area contributed by atoms with Gasteiger partial charge in [-0.05, 0) is 12.3 Å². The summed E-state index contributed by atoms with van der Waals surface area (Å²) in [5.41, 5.74) is 0. The molecule has 0 fully saturated rings. The molecule has 0 aromatic heterocycles. The Balaban J connectivity index is 3.62. The van der Waals surface area contributed by atoms with E-state index in [0.717, 1.165) is 12.8 Å². The lowest BCUT2D eigenvalue weighted by Crippen LogP contribution is -1.97. The van der Waals surface area contributed by atoms with Crippen LogP contribution in [0.4, 0.5) is 0 Å². The van der Waals surface area contributed by atoms with Gasteiger partial charge in [-0.2, -0.15) is 0 Å². The monoisotopic (exact) mass is 198 g/mol. The SMILES string of the molecule is CCCCCC(CC)CC=CC(=O)O. The first-order chi connectivity index (χ1) is 6.70. The number of rotatable bonds is 8. The standard InChI is InChI=1S/C12H22O2/c1-3-5-6-8-11(4-2)9-7-10-12(13)14/h7,10-11H,3-6,8-9H2,1-2H3,(H,13,14). The second kappa shape index (κ2) is 8.79. The van der Waals surface area contributed by atoms with E-state index in [2.05, 4.69) is 13.8 Å². The van der Waals surface area contributed by atoms with Crippen LogP contribution in [0.5, 0.6) is 0 Å². The maximum Gasteiger partial charge on any atom is 0.327 e. The fraction of sp³-hybridized carbons (Fsp3) is 0.750. The zero-order chi connectivity index (χ0) is 10.8. The Bertz CT molecular complexity index is 173. The Morgan fingerprint density at radius 1 is 1.36 bits per heavy atom. The van der Waals surface area contributed by atoms with Gasteiger partial charge < -0.3 is 5.11 Å². The van der Waals surface area contributed by atoms with E-state index in [-0.39, 0.29) is 0 Å². The van der Waals surface area contributed by atoms with Gasteiger partial charge in [0.05, 0.1) is 0 Å². The van der Waals surface area contributed by atoms with Crippen molar-refractivity contribution in [3.63, 3.8) is 0 Å². The van der Waals surface area contributed by atoms with Crippen molar-refractivity contribution in [2.45, 2.75) is 52.4 Å². The molecule has 2 heteroatoms. The van der Waals surface area contributed by atoms with Gasteiger partial charge >= 0.3 is 5.97 Å². The smallest absolute Gasteiger partial charge is 0.327 e. The van der Waals surface area contributed by atoms with E-state index >= 15 is 0 Å². The minimum atomic E-state index is -0.839. The van der Waals surface area contributed by atoms with Crippen molar-refractivity contribution in [3.05, 3.63) is 12.2 Å². The molecule has 0 saturated carbocycles. The van der Waals surface area contributed by atoms with Crippen LogP contribution >= 0.6 is 0 Å². The Labute approximate surface area is 87.0 Å². The summed E-state index contributed by atoms with van der Waals surface area (Å²) < 4.78 is 0. The molecular weight excluding hydrogens is 176 g/mol. The highest BCUT2D eigenvalue weighted by Gasteiger charge is 2.03. The van der Waals surface area contributed by atoms with E-state index in [0.29, 0.717) is 5.92 Å². The molecule has 0 radical (unpaired) electrons. The fourth-order valence-corrected chi connectivity index (χ4v) is 1.53. The highest BCUT2D eigenvalue weighted by Crippen LogP contribution is 2.17. The topological polar surface area (TPSA) is 37.3 Å². The molecule has 1 N–H and O–H groups in total. The second-order valence-corrected chi connectivity index (χ2v) is 3.75. The molecule has 14 heavy (non-hydrogen) atoms. The third kappa shape index (κ3) is 7.84. The fourth-order valence-electron chi connectivity index (χ4n) is 1.53. The van der Waals surface area contributed by atoms with Crippen molar-refractivity contribution >= 4 is 5.97 Å². The number of aliphatic carboxylic acids is 1. The minimum absolute atomic E-state index is 0.664. The average Bonchev–Trinajstić information content (AvgIpc) is 2.15. The third-order valence-corrected chi connectivity index (χ3v) is 2.52. The van der Waals surface area contributed by atoms with Crippen molar-refractivity contribution in [2.75, 3.05) is 0 Å². The van der Waals surface area contributed by atoms with E-state index in [1.807, 2.05) is 0 Å². The third-order valence-electron chi connectivity index (χ3n) is 2.52. The number of hydrogen-bond donors (Lipinski definition) is 1. The molecule has 0 heterocycles. The number of carbonyl (C=O) groups is 1. The largest absolute Gasteiger partial charge is 0.478 e. The summed E-state index contributed by atoms with van der Waals surface area (Å²) >= 11 is 0. The van der Waals surface area contributed by atoms with Gasteiger partial charge in [0, 0.05) is 6.08 Å².